The highest BCUT2D eigenvalue weighted by Crippen LogP contribution is 2.41. The van der Waals surface area contributed by atoms with Crippen LogP contribution in [0.25, 0.3) is 120 Å². The molecule has 13 rings (SSSR count). The minimum atomic E-state index is 1.15. The summed E-state index contributed by atoms with van der Waals surface area (Å²) in [5.41, 5.74) is 12.1. The molecule has 0 atom stereocenters. The number of nitrogens with zero attached hydrogens (tertiary/aromatic N) is 2. The van der Waals surface area contributed by atoms with Gasteiger partial charge in [-0.2, -0.15) is 0 Å². The molecule has 2 heterocycles. The van der Waals surface area contributed by atoms with E-state index in [2.05, 4.69) is 228 Å². The van der Waals surface area contributed by atoms with Crippen LogP contribution in [0, 0.1) is 0 Å². The summed E-state index contributed by atoms with van der Waals surface area (Å²) in [4.78, 5) is 0. The van der Waals surface area contributed by atoms with E-state index in [0.29, 0.717) is 0 Å². The zero-order valence-electron chi connectivity index (χ0n) is 32.7. The summed E-state index contributed by atoms with van der Waals surface area (Å²) in [6, 6.07) is 80.5. The molecule has 0 bridgehead atoms. The Bertz CT molecular complexity index is 3880. The largest absolute Gasteiger partial charge is 0.309 e. The van der Waals surface area contributed by atoms with Gasteiger partial charge in [0, 0.05) is 32.6 Å². The normalized spacial score (nSPS) is 12.0. The second kappa shape index (κ2) is 12.8. The zero-order valence-corrected chi connectivity index (χ0v) is 32.7. The van der Waals surface area contributed by atoms with Crippen LogP contribution >= 0.6 is 0 Å². The molecule has 0 radical (unpaired) electrons. The van der Waals surface area contributed by atoms with Crippen molar-refractivity contribution in [2.24, 2.45) is 0 Å². The van der Waals surface area contributed by atoms with Crippen molar-refractivity contribution in [3.8, 4) is 33.6 Å². The molecule has 0 fully saturated rings. The first-order valence-electron chi connectivity index (χ1n) is 20.8. The minimum absolute atomic E-state index is 1.15. The van der Waals surface area contributed by atoms with Crippen LogP contribution < -0.4 is 0 Å². The molecule has 0 saturated carbocycles. The molecule has 2 nitrogen and oxygen atoms in total. The van der Waals surface area contributed by atoms with Gasteiger partial charge in [-0.05, 0) is 121 Å². The first-order chi connectivity index (χ1) is 29.8. The van der Waals surface area contributed by atoms with E-state index in [4.69, 9.17) is 0 Å². The summed E-state index contributed by atoms with van der Waals surface area (Å²) in [6.07, 6.45) is 0. The molecular formula is C58H36N2. The van der Waals surface area contributed by atoms with Crippen LogP contribution in [-0.4, -0.2) is 9.13 Å². The van der Waals surface area contributed by atoms with Crippen molar-refractivity contribution >= 4 is 86.7 Å². The smallest absolute Gasteiger partial charge is 0.0541 e. The van der Waals surface area contributed by atoms with Gasteiger partial charge in [-0.1, -0.05) is 158 Å². The number of fused-ring (bicyclic) bond motifs is 12. The third-order valence-corrected chi connectivity index (χ3v) is 12.9. The van der Waals surface area contributed by atoms with Gasteiger partial charge in [-0.15, -0.1) is 0 Å². The quantitative estimate of drug-likeness (QED) is 0.158. The highest BCUT2D eigenvalue weighted by Gasteiger charge is 2.18. The third-order valence-electron chi connectivity index (χ3n) is 12.9. The van der Waals surface area contributed by atoms with Crippen LogP contribution in [0.5, 0.6) is 0 Å². The molecule has 278 valence electrons. The van der Waals surface area contributed by atoms with Crippen molar-refractivity contribution in [1.29, 1.82) is 0 Å². The Kier molecular flexibility index (Phi) is 7.05. The van der Waals surface area contributed by atoms with Crippen molar-refractivity contribution in [2.75, 3.05) is 0 Å². The van der Waals surface area contributed by atoms with E-state index in [1.54, 1.807) is 0 Å². The minimum Gasteiger partial charge on any atom is -0.309 e. The summed E-state index contributed by atoms with van der Waals surface area (Å²) in [5.74, 6) is 0. The van der Waals surface area contributed by atoms with Gasteiger partial charge in [0.25, 0.3) is 0 Å². The fraction of sp³-hybridized carbons (Fsp3) is 0. The molecule has 0 unspecified atom stereocenters. The second-order valence-corrected chi connectivity index (χ2v) is 16.1. The van der Waals surface area contributed by atoms with E-state index in [1.165, 1.54) is 115 Å². The summed E-state index contributed by atoms with van der Waals surface area (Å²) in [6.45, 7) is 0. The highest BCUT2D eigenvalue weighted by atomic mass is 15.0. The average molecular weight is 761 g/mol. The maximum Gasteiger partial charge on any atom is 0.0541 e. The van der Waals surface area contributed by atoms with Crippen molar-refractivity contribution in [3.63, 3.8) is 0 Å². The zero-order chi connectivity index (χ0) is 39.3. The molecule has 11 aromatic carbocycles. The van der Waals surface area contributed by atoms with Gasteiger partial charge in [-0.25, -0.2) is 0 Å². The predicted molar refractivity (Wildman–Crippen MR) is 256 cm³/mol. The van der Waals surface area contributed by atoms with Gasteiger partial charge in [0.1, 0.15) is 0 Å². The van der Waals surface area contributed by atoms with Crippen molar-refractivity contribution in [3.05, 3.63) is 218 Å². The first kappa shape index (κ1) is 33.1. The van der Waals surface area contributed by atoms with Gasteiger partial charge < -0.3 is 9.13 Å². The van der Waals surface area contributed by atoms with E-state index in [1.807, 2.05) is 0 Å². The SMILES string of the molecule is c1ccc2c(-n3c4ccccc4c4cc(-c5ccc6c(c5)c5ccccc5n6-c5ccc(-c6cc7c8ccccc8ccc7c7ccccc67)cc5)ccc43)cccc2c1. The van der Waals surface area contributed by atoms with Crippen molar-refractivity contribution < 1.29 is 0 Å². The van der Waals surface area contributed by atoms with Crippen LogP contribution in [0.3, 0.4) is 0 Å². The number of aromatic nitrogens is 2. The van der Waals surface area contributed by atoms with Crippen LogP contribution in [0.4, 0.5) is 0 Å². The summed E-state index contributed by atoms with van der Waals surface area (Å²) in [7, 11) is 0. The second-order valence-electron chi connectivity index (χ2n) is 16.1. The van der Waals surface area contributed by atoms with E-state index in [0.717, 1.165) is 5.69 Å². The maximum absolute atomic E-state index is 2.43. The topological polar surface area (TPSA) is 9.86 Å². The van der Waals surface area contributed by atoms with Crippen LogP contribution in [-0.2, 0) is 0 Å². The van der Waals surface area contributed by atoms with E-state index in [-0.39, 0.29) is 0 Å². The van der Waals surface area contributed by atoms with E-state index >= 15 is 0 Å². The molecule has 0 aliphatic rings. The lowest BCUT2D eigenvalue weighted by molar-refractivity contribution is 1.18. The summed E-state index contributed by atoms with van der Waals surface area (Å²) < 4.78 is 4.86. The molecule has 0 N–H and O–H groups in total. The van der Waals surface area contributed by atoms with Crippen LogP contribution in [0.15, 0.2) is 218 Å². The maximum atomic E-state index is 2.43. The Balaban J connectivity index is 0.941. The molecule has 60 heavy (non-hydrogen) atoms. The Morgan fingerprint density at radius 1 is 0.233 bits per heavy atom. The lowest BCUT2D eigenvalue weighted by Gasteiger charge is -2.14. The van der Waals surface area contributed by atoms with E-state index in [9.17, 15) is 0 Å². The first-order valence-corrected chi connectivity index (χ1v) is 20.8. The number of rotatable bonds is 4. The van der Waals surface area contributed by atoms with Gasteiger partial charge >= 0.3 is 0 Å². The number of para-hydroxylation sites is 2. The molecule has 0 saturated heterocycles. The molecular weight excluding hydrogens is 725 g/mol. The number of hydrogen-bond donors (Lipinski definition) is 0. The standard InChI is InChI=1S/C58H36N2/c1-3-15-43-38(13-1)26-31-47-45-17-5-6-18-46(45)50(36-51(43)47)39-24-29-42(30-25-39)59-55-21-9-7-19-48(55)52-34-40(27-32-57(52)59)41-28-33-58-53(35-41)49-20-8-10-22-56(49)60(58)54-23-11-14-37-12-2-4-16-44(37)54/h1-36H. The third kappa shape index (κ3) is 4.82. The molecule has 0 aliphatic heterocycles. The van der Waals surface area contributed by atoms with Gasteiger partial charge in [0.15, 0.2) is 0 Å². The fourth-order valence-electron chi connectivity index (χ4n) is 10.1. The Labute approximate surface area is 346 Å². The fourth-order valence-corrected chi connectivity index (χ4v) is 10.1. The van der Waals surface area contributed by atoms with Crippen LogP contribution in [0.2, 0.25) is 0 Å². The van der Waals surface area contributed by atoms with Gasteiger partial charge in [0.05, 0.1) is 27.8 Å². The molecule has 0 aliphatic carbocycles. The van der Waals surface area contributed by atoms with Crippen molar-refractivity contribution in [2.45, 2.75) is 0 Å². The van der Waals surface area contributed by atoms with Gasteiger partial charge in [0.2, 0.25) is 0 Å². The number of benzene rings is 11. The monoisotopic (exact) mass is 760 g/mol. The predicted octanol–water partition coefficient (Wildman–Crippen LogP) is 15.8. The van der Waals surface area contributed by atoms with E-state index < -0.39 is 0 Å². The molecule has 13 aromatic rings. The Morgan fingerprint density at radius 2 is 0.717 bits per heavy atom. The number of hydrogen-bond acceptors (Lipinski definition) is 0. The average Bonchev–Trinajstić information content (AvgIpc) is 3.83. The molecule has 0 amide bonds. The summed E-state index contributed by atoms with van der Waals surface area (Å²) in [5, 5.41) is 15.2. The lowest BCUT2D eigenvalue weighted by Crippen LogP contribution is -1.95. The Hall–Kier alpha value is -7.94. The summed E-state index contributed by atoms with van der Waals surface area (Å²) >= 11 is 0. The van der Waals surface area contributed by atoms with Crippen LogP contribution in [0.1, 0.15) is 0 Å². The lowest BCUT2D eigenvalue weighted by atomic mass is 9.91. The van der Waals surface area contributed by atoms with Gasteiger partial charge in [-0.3, -0.25) is 0 Å². The Morgan fingerprint density at radius 3 is 1.42 bits per heavy atom. The highest BCUT2D eigenvalue weighted by molar-refractivity contribution is 6.21. The molecule has 0 spiro atoms. The van der Waals surface area contributed by atoms with Crippen molar-refractivity contribution in [1.82, 2.24) is 9.13 Å². The molecule has 2 aromatic heterocycles. The molecule has 2 heteroatoms.